The number of ketones is 2. The third-order valence-corrected chi connectivity index (χ3v) is 9.45. The number of primary amides is 1. The summed E-state index contributed by atoms with van der Waals surface area (Å²) in [4.78, 5) is 81.1. The quantitative estimate of drug-likeness (QED) is 0.0262. The van der Waals surface area contributed by atoms with Gasteiger partial charge >= 0.3 is 0 Å². The van der Waals surface area contributed by atoms with E-state index in [2.05, 4.69) is 15.0 Å². The molecule has 18 nitrogen and oxygen atoms in total. The van der Waals surface area contributed by atoms with Crippen LogP contribution >= 0.6 is 0 Å². The predicted octanol–water partition coefficient (Wildman–Crippen LogP) is 0.446. The summed E-state index contributed by atoms with van der Waals surface area (Å²) in [5.41, 5.74) is 40.2. The molecular formula is C37H69N13O5. The van der Waals surface area contributed by atoms with Crippen molar-refractivity contribution in [3.8, 4) is 0 Å². The van der Waals surface area contributed by atoms with Crippen molar-refractivity contribution in [3.05, 3.63) is 18.2 Å². The van der Waals surface area contributed by atoms with Crippen molar-refractivity contribution in [2.45, 2.75) is 140 Å². The molecule has 1 heterocycles. The molecule has 312 valence electrons. The lowest BCUT2D eigenvalue weighted by atomic mass is 9.98. The maximum atomic E-state index is 14.2. The summed E-state index contributed by atoms with van der Waals surface area (Å²) in [7, 11) is 0. The SMILES string of the molecule is N=C(N)CCCCC(N)C(=O)CCCN(C(=O)CCCCCN)C(Cc1cnc[nH]1)C(=O)CCCN(C(=O)CCCCN=C(N)N)C(CCCCN)C(N)=O. The normalized spacial score (nSPS) is 12.7. The van der Waals surface area contributed by atoms with E-state index in [9.17, 15) is 24.0 Å². The molecule has 0 saturated heterocycles. The highest BCUT2D eigenvalue weighted by Gasteiger charge is 2.32. The number of hydrogen-bond acceptors (Lipinski definition) is 11. The van der Waals surface area contributed by atoms with Gasteiger partial charge in [-0.05, 0) is 83.7 Å². The zero-order valence-corrected chi connectivity index (χ0v) is 32.7. The van der Waals surface area contributed by atoms with Gasteiger partial charge in [-0.1, -0.05) is 12.8 Å². The van der Waals surface area contributed by atoms with Crippen LogP contribution in [0.15, 0.2) is 17.5 Å². The molecule has 55 heavy (non-hydrogen) atoms. The Balaban J connectivity index is 3.20. The maximum absolute atomic E-state index is 14.2. The molecule has 1 aromatic heterocycles. The molecular weight excluding hydrogens is 706 g/mol. The number of guanidine groups is 1. The zero-order chi connectivity index (χ0) is 41.0. The number of carbonyl (C=O) groups is 5. The molecule has 0 aliphatic heterocycles. The first-order chi connectivity index (χ1) is 26.3. The number of carbonyl (C=O) groups excluding carboxylic acids is 5. The summed E-state index contributed by atoms with van der Waals surface area (Å²) in [5, 5.41) is 7.36. The van der Waals surface area contributed by atoms with E-state index in [0.29, 0.717) is 96.0 Å². The van der Waals surface area contributed by atoms with Crippen molar-refractivity contribution in [1.29, 1.82) is 5.41 Å². The molecule has 0 fully saturated rings. The second-order valence-corrected chi connectivity index (χ2v) is 14.1. The molecule has 1 aromatic rings. The van der Waals surface area contributed by atoms with Crippen molar-refractivity contribution < 1.29 is 24.0 Å². The summed E-state index contributed by atoms with van der Waals surface area (Å²) in [6.07, 6.45) is 11.4. The first kappa shape index (κ1) is 48.6. The molecule has 0 saturated carbocycles. The predicted molar refractivity (Wildman–Crippen MR) is 214 cm³/mol. The van der Waals surface area contributed by atoms with Gasteiger partial charge in [-0.3, -0.25) is 34.4 Å². The van der Waals surface area contributed by atoms with Crippen LogP contribution in [0.25, 0.3) is 0 Å². The molecule has 18 heteroatoms. The number of Topliss-reactive ketones (excluding diaryl/α,β-unsaturated/α-hetero) is 2. The molecule has 3 atom stereocenters. The van der Waals surface area contributed by atoms with Gasteiger partial charge in [0.2, 0.25) is 17.7 Å². The van der Waals surface area contributed by atoms with E-state index in [-0.39, 0.29) is 86.8 Å². The van der Waals surface area contributed by atoms with Crippen LogP contribution in [0, 0.1) is 5.41 Å². The first-order valence-electron chi connectivity index (χ1n) is 19.8. The second kappa shape index (κ2) is 28.9. The fraction of sp³-hybridized carbons (Fsp3) is 0.730. The van der Waals surface area contributed by atoms with Crippen molar-refractivity contribution in [1.82, 2.24) is 19.8 Å². The zero-order valence-electron chi connectivity index (χ0n) is 32.7. The number of aromatic nitrogens is 2. The Hall–Kier alpha value is -4.42. The number of nitrogens with zero attached hydrogens (tertiary/aromatic N) is 4. The standard InChI is InChI=1S/C37H69N13O5/c38-19-7-1-2-17-35(54)50(23-10-14-31(51)28(40)12-3-4-16-33(41)42)30(24-27-25-46-26-48-27)32(52)15-11-22-49(29(36(43)55)13-5-8-20-39)34(53)18-6-9-21-47-37(44)45/h25-26,28-30H,1-24,38-40H2,(H3,41,42)(H2,43,55)(H,46,48)(H4,44,45,47). The number of aliphatic imine (C=N–C) groups is 1. The van der Waals surface area contributed by atoms with Crippen LogP contribution in [0.2, 0.25) is 0 Å². The number of amides is 3. The smallest absolute Gasteiger partial charge is 0.240 e. The Kier molecular flexibility index (Phi) is 25.6. The second-order valence-electron chi connectivity index (χ2n) is 14.1. The van der Waals surface area contributed by atoms with Gasteiger partial charge in [0.15, 0.2) is 11.7 Å². The average molecular weight is 776 g/mol. The lowest BCUT2D eigenvalue weighted by Gasteiger charge is -2.32. The Labute approximate surface area is 326 Å². The van der Waals surface area contributed by atoms with Gasteiger partial charge in [0.1, 0.15) is 11.8 Å². The largest absolute Gasteiger partial charge is 0.388 e. The number of rotatable bonds is 34. The highest BCUT2D eigenvalue weighted by molar-refractivity contribution is 5.90. The molecule has 0 spiro atoms. The van der Waals surface area contributed by atoms with E-state index < -0.39 is 24.0 Å². The lowest BCUT2D eigenvalue weighted by molar-refractivity contribution is -0.141. The Morgan fingerprint density at radius 2 is 1.25 bits per heavy atom. The Morgan fingerprint density at radius 1 is 0.691 bits per heavy atom. The van der Waals surface area contributed by atoms with Crippen molar-refractivity contribution >= 4 is 41.1 Å². The van der Waals surface area contributed by atoms with Gasteiger partial charge in [-0.15, -0.1) is 0 Å². The highest BCUT2D eigenvalue weighted by Crippen LogP contribution is 2.19. The van der Waals surface area contributed by atoms with Gasteiger partial charge in [0.05, 0.1) is 24.2 Å². The van der Waals surface area contributed by atoms with Crippen LogP contribution in [0.4, 0.5) is 0 Å². The summed E-state index contributed by atoms with van der Waals surface area (Å²) in [5.74, 6) is -1.40. The van der Waals surface area contributed by atoms with E-state index in [4.69, 9.17) is 45.5 Å². The lowest BCUT2D eigenvalue weighted by Crippen LogP contribution is -2.49. The van der Waals surface area contributed by atoms with Gasteiger partial charge in [-0.25, -0.2) is 4.98 Å². The molecule has 0 aromatic carbocycles. The molecule has 0 radical (unpaired) electrons. The van der Waals surface area contributed by atoms with E-state index in [0.717, 1.165) is 12.8 Å². The number of unbranched alkanes of at least 4 members (excludes halogenated alkanes) is 5. The van der Waals surface area contributed by atoms with Crippen molar-refractivity contribution in [2.75, 3.05) is 32.7 Å². The van der Waals surface area contributed by atoms with Crippen LogP contribution in [0.1, 0.15) is 121 Å². The van der Waals surface area contributed by atoms with E-state index in [1.54, 1.807) is 11.1 Å². The highest BCUT2D eigenvalue weighted by atomic mass is 16.2. The first-order valence-corrected chi connectivity index (χ1v) is 19.8. The van der Waals surface area contributed by atoms with Gasteiger partial charge < -0.3 is 54.9 Å². The van der Waals surface area contributed by atoms with Crippen molar-refractivity contribution in [3.63, 3.8) is 0 Å². The van der Waals surface area contributed by atoms with Crippen molar-refractivity contribution in [2.24, 2.45) is 45.1 Å². The topological polar surface area (TPSA) is 339 Å². The summed E-state index contributed by atoms with van der Waals surface area (Å²) < 4.78 is 0. The van der Waals surface area contributed by atoms with E-state index >= 15 is 0 Å². The molecule has 0 aliphatic rings. The van der Waals surface area contributed by atoms with E-state index in [1.165, 1.54) is 11.2 Å². The summed E-state index contributed by atoms with van der Waals surface area (Å²) in [6.45, 7) is 1.58. The molecule has 16 N–H and O–H groups in total. The van der Waals surface area contributed by atoms with Crippen LogP contribution < -0.4 is 40.1 Å². The number of nitrogens with two attached hydrogens (primary N) is 7. The number of hydrogen-bond donors (Lipinski definition) is 9. The molecule has 0 aliphatic carbocycles. The third kappa shape index (κ3) is 21.3. The minimum absolute atomic E-state index is 0.0162. The maximum Gasteiger partial charge on any atom is 0.240 e. The molecule has 0 bridgehead atoms. The molecule has 1 rings (SSSR count). The van der Waals surface area contributed by atoms with Crippen LogP contribution in [-0.4, -0.2) is 112 Å². The number of imidazole rings is 1. The van der Waals surface area contributed by atoms with Gasteiger partial charge in [-0.2, -0.15) is 0 Å². The monoisotopic (exact) mass is 776 g/mol. The van der Waals surface area contributed by atoms with Crippen LogP contribution in [0.3, 0.4) is 0 Å². The van der Waals surface area contributed by atoms with Gasteiger partial charge in [0.25, 0.3) is 0 Å². The molecule has 3 amide bonds. The Morgan fingerprint density at radius 3 is 1.82 bits per heavy atom. The van der Waals surface area contributed by atoms with Crippen LogP contribution in [-0.2, 0) is 30.4 Å². The van der Waals surface area contributed by atoms with Gasteiger partial charge in [0, 0.05) is 70.0 Å². The summed E-state index contributed by atoms with van der Waals surface area (Å²) in [6, 6.07) is -2.40. The van der Waals surface area contributed by atoms with Crippen LogP contribution in [0.5, 0.6) is 0 Å². The fourth-order valence-corrected chi connectivity index (χ4v) is 6.37. The minimum Gasteiger partial charge on any atom is -0.388 e. The number of nitrogens with one attached hydrogen (secondary N) is 2. The number of H-pyrrole nitrogens is 1. The number of amidine groups is 1. The average Bonchev–Trinajstić information content (AvgIpc) is 3.66. The fourth-order valence-electron chi connectivity index (χ4n) is 6.37. The minimum atomic E-state index is -0.867. The summed E-state index contributed by atoms with van der Waals surface area (Å²) >= 11 is 0. The Bertz CT molecular complexity index is 1320. The van der Waals surface area contributed by atoms with E-state index in [1.807, 2.05) is 0 Å². The molecule has 3 unspecified atom stereocenters. The number of aromatic amines is 1. The third-order valence-electron chi connectivity index (χ3n) is 9.45.